The highest BCUT2D eigenvalue weighted by Crippen LogP contribution is 2.42. The largest absolute Gasteiger partial charge is 0.497 e. The maximum Gasteiger partial charge on any atom is 0.264 e. The molecule has 0 spiro atoms. The lowest BCUT2D eigenvalue weighted by atomic mass is 10.2. The van der Waals surface area contributed by atoms with E-state index in [1.54, 1.807) is 47.6 Å². The lowest BCUT2D eigenvalue weighted by Gasteiger charge is -2.04. The second-order valence-electron chi connectivity index (χ2n) is 9.81. The Morgan fingerprint density at radius 2 is 1.12 bits per heavy atom. The van der Waals surface area contributed by atoms with Crippen molar-refractivity contribution >= 4 is 45.0 Å². The summed E-state index contributed by atoms with van der Waals surface area (Å²) in [6.07, 6.45) is 2.56. The molecule has 2 aromatic heterocycles. The average Bonchev–Trinajstić information content (AvgIpc) is 3.41. The van der Waals surface area contributed by atoms with E-state index in [9.17, 15) is 19.8 Å². The number of nitrogens with zero attached hydrogens (tertiary/aromatic N) is 6. The summed E-state index contributed by atoms with van der Waals surface area (Å²) < 4.78 is 14.0. The number of hydrogen-bond acceptors (Lipinski definition) is 8. The van der Waals surface area contributed by atoms with Gasteiger partial charge in [-0.15, -0.1) is 20.5 Å². The molecule has 4 rings (SSSR count). The number of aryl methyl sites for hydroxylation is 2. The molecule has 0 aliphatic carbocycles. The summed E-state index contributed by atoms with van der Waals surface area (Å²) in [5.41, 5.74) is 1.96. The molecule has 2 amide bonds. The first-order chi connectivity index (χ1) is 20.3. The van der Waals surface area contributed by atoms with Crippen molar-refractivity contribution in [3.63, 3.8) is 0 Å². The fourth-order valence-corrected chi connectivity index (χ4v) is 4.82. The summed E-state index contributed by atoms with van der Waals surface area (Å²) >= 11 is 0. The van der Waals surface area contributed by atoms with Gasteiger partial charge in [0.25, 0.3) is 11.8 Å². The van der Waals surface area contributed by atoms with Crippen LogP contribution in [0.1, 0.15) is 52.4 Å². The SMILES string of the molecule is CCCn1c(O)c(N=NC(=O)CCCCC(=O)N=Nc2c(O)n(CCC)c3ccc(OC)cc23)c2cc(OC)ccc21. The molecule has 0 saturated carbocycles. The Morgan fingerprint density at radius 3 is 1.48 bits per heavy atom. The molecule has 0 saturated heterocycles. The van der Waals surface area contributed by atoms with Gasteiger partial charge in [0.05, 0.1) is 25.3 Å². The number of aromatic nitrogens is 2. The van der Waals surface area contributed by atoms with Crippen LogP contribution in [0.15, 0.2) is 56.9 Å². The highest BCUT2D eigenvalue weighted by molar-refractivity contribution is 5.97. The van der Waals surface area contributed by atoms with Crippen LogP contribution in [0.2, 0.25) is 0 Å². The number of azo groups is 2. The normalized spacial score (nSPS) is 11.8. The predicted molar refractivity (Wildman–Crippen MR) is 158 cm³/mol. The Kier molecular flexibility index (Phi) is 9.89. The summed E-state index contributed by atoms with van der Waals surface area (Å²) in [5.74, 6) is 0.144. The van der Waals surface area contributed by atoms with Crippen LogP contribution in [0.4, 0.5) is 11.4 Å². The zero-order chi connectivity index (χ0) is 30.2. The van der Waals surface area contributed by atoms with E-state index in [2.05, 4.69) is 20.5 Å². The Morgan fingerprint density at radius 1 is 0.714 bits per heavy atom. The van der Waals surface area contributed by atoms with Gasteiger partial charge in [0.2, 0.25) is 11.8 Å². The molecule has 0 fully saturated rings. The highest BCUT2D eigenvalue weighted by atomic mass is 16.5. The lowest BCUT2D eigenvalue weighted by Crippen LogP contribution is -1.96. The van der Waals surface area contributed by atoms with E-state index >= 15 is 0 Å². The second kappa shape index (κ2) is 13.7. The number of fused-ring (bicyclic) bond motifs is 2. The van der Waals surface area contributed by atoms with E-state index in [-0.39, 0.29) is 36.0 Å². The minimum Gasteiger partial charge on any atom is -0.497 e. The van der Waals surface area contributed by atoms with Crippen LogP contribution in [0, 0.1) is 0 Å². The van der Waals surface area contributed by atoms with E-state index in [1.165, 1.54) is 0 Å². The lowest BCUT2D eigenvalue weighted by molar-refractivity contribution is -0.120. The van der Waals surface area contributed by atoms with E-state index < -0.39 is 11.8 Å². The number of hydrogen-bond donors (Lipinski definition) is 2. The van der Waals surface area contributed by atoms with Gasteiger partial charge in [0.15, 0.2) is 11.4 Å². The van der Waals surface area contributed by atoms with Gasteiger partial charge >= 0.3 is 0 Å². The van der Waals surface area contributed by atoms with Crippen LogP contribution in [-0.2, 0) is 22.7 Å². The van der Waals surface area contributed by atoms with Gasteiger partial charge < -0.3 is 28.8 Å². The van der Waals surface area contributed by atoms with Crippen LogP contribution >= 0.6 is 0 Å². The molecule has 2 heterocycles. The average molecular weight is 577 g/mol. The number of amides is 2. The molecule has 4 aromatic rings. The number of carbonyl (C=O) groups excluding carboxylic acids is 2. The molecule has 0 atom stereocenters. The summed E-state index contributed by atoms with van der Waals surface area (Å²) in [6, 6.07) is 10.8. The molecule has 0 aliphatic rings. The highest BCUT2D eigenvalue weighted by Gasteiger charge is 2.19. The molecule has 222 valence electrons. The molecule has 42 heavy (non-hydrogen) atoms. The third-order valence-electron chi connectivity index (χ3n) is 6.88. The molecule has 0 aliphatic heterocycles. The molecule has 12 heteroatoms. The van der Waals surface area contributed by atoms with Crippen molar-refractivity contribution < 1.29 is 29.3 Å². The minimum atomic E-state index is -0.467. The summed E-state index contributed by atoms with van der Waals surface area (Å²) in [5, 5.41) is 38.5. The topological polar surface area (TPSA) is 152 Å². The molecular formula is C30H36N6O6. The van der Waals surface area contributed by atoms with Crippen molar-refractivity contribution in [3.05, 3.63) is 36.4 Å². The monoisotopic (exact) mass is 576 g/mol. The van der Waals surface area contributed by atoms with Gasteiger partial charge in [-0.05, 0) is 62.1 Å². The van der Waals surface area contributed by atoms with E-state index in [1.807, 2.05) is 26.0 Å². The van der Waals surface area contributed by atoms with Crippen LogP contribution in [-0.4, -0.2) is 45.4 Å². The van der Waals surface area contributed by atoms with Crippen molar-refractivity contribution in [1.29, 1.82) is 0 Å². The van der Waals surface area contributed by atoms with Gasteiger partial charge in [-0.3, -0.25) is 9.59 Å². The van der Waals surface area contributed by atoms with E-state index in [4.69, 9.17) is 9.47 Å². The minimum absolute atomic E-state index is 0.0603. The van der Waals surface area contributed by atoms with Gasteiger partial charge in [-0.1, -0.05) is 13.8 Å². The molecule has 12 nitrogen and oxygen atoms in total. The van der Waals surface area contributed by atoms with Gasteiger partial charge in [-0.25, -0.2) is 0 Å². The van der Waals surface area contributed by atoms with E-state index in [0.717, 1.165) is 23.9 Å². The molecule has 2 N–H and O–H groups in total. The van der Waals surface area contributed by atoms with Crippen LogP contribution in [0.5, 0.6) is 23.3 Å². The van der Waals surface area contributed by atoms with Crippen LogP contribution in [0.25, 0.3) is 21.8 Å². The summed E-state index contributed by atoms with van der Waals surface area (Å²) in [6.45, 7) is 5.16. The zero-order valence-corrected chi connectivity index (χ0v) is 24.3. The van der Waals surface area contributed by atoms with E-state index in [0.29, 0.717) is 48.2 Å². The fourth-order valence-electron chi connectivity index (χ4n) is 4.82. The first kappa shape index (κ1) is 30.2. The van der Waals surface area contributed by atoms with Crippen molar-refractivity contribution in [2.75, 3.05) is 14.2 Å². The Labute approximate surface area is 243 Å². The Bertz CT molecular complexity index is 1530. The number of aromatic hydroxyl groups is 2. The van der Waals surface area contributed by atoms with Gasteiger partial charge in [0, 0.05) is 36.7 Å². The first-order valence-electron chi connectivity index (χ1n) is 14.0. The van der Waals surface area contributed by atoms with Crippen molar-refractivity contribution in [3.8, 4) is 23.3 Å². The molecule has 0 unspecified atom stereocenters. The summed E-state index contributed by atoms with van der Waals surface area (Å²) in [4.78, 5) is 24.8. The number of benzene rings is 2. The fraction of sp³-hybridized carbons (Fsp3) is 0.400. The van der Waals surface area contributed by atoms with Gasteiger partial charge in [-0.2, -0.15) is 0 Å². The molecule has 2 aromatic carbocycles. The standard InChI is InChI=1S/C30H36N6O6/c1-5-15-35-23-13-11-19(41-3)17-21(23)27(29(35)39)33-31-25(37)9-7-8-10-26(38)32-34-28-22-18-20(42-4)12-14-24(22)36(16-6-2)30(28)40/h11-14,17-18,39-40H,5-10,15-16H2,1-4H3. The van der Waals surface area contributed by atoms with Crippen LogP contribution < -0.4 is 9.47 Å². The second-order valence-corrected chi connectivity index (χ2v) is 9.81. The maximum atomic E-state index is 12.4. The Hall–Kier alpha value is -4.74. The third kappa shape index (κ3) is 6.42. The number of ether oxygens (including phenoxy) is 2. The quantitative estimate of drug-likeness (QED) is 0.126. The number of carbonyl (C=O) groups is 2. The number of unbranched alkanes of at least 4 members (excludes halogenated alkanes) is 1. The Balaban J connectivity index is 1.36. The maximum absolute atomic E-state index is 12.4. The van der Waals surface area contributed by atoms with Crippen molar-refractivity contribution in [2.24, 2.45) is 20.5 Å². The third-order valence-corrected chi connectivity index (χ3v) is 6.88. The first-order valence-corrected chi connectivity index (χ1v) is 14.0. The van der Waals surface area contributed by atoms with Crippen molar-refractivity contribution in [2.45, 2.75) is 65.5 Å². The predicted octanol–water partition coefficient (Wildman–Crippen LogP) is 7.33. The smallest absolute Gasteiger partial charge is 0.264 e. The van der Waals surface area contributed by atoms with Crippen LogP contribution in [0.3, 0.4) is 0 Å². The van der Waals surface area contributed by atoms with Gasteiger partial charge in [0.1, 0.15) is 11.5 Å². The number of rotatable bonds is 13. The molecular weight excluding hydrogens is 540 g/mol. The van der Waals surface area contributed by atoms with Crippen molar-refractivity contribution in [1.82, 2.24) is 9.13 Å². The molecule has 0 radical (unpaired) electrons. The number of methoxy groups -OCH3 is 2. The summed E-state index contributed by atoms with van der Waals surface area (Å²) in [7, 11) is 3.10. The zero-order valence-electron chi connectivity index (χ0n) is 24.3. The molecule has 0 bridgehead atoms.